The van der Waals surface area contributed by atoms with Crippen LogP contribution in [-0.4, -0.2) is 73.3 Å². The summed E-state index contributed by atoms with van der Waals surface area (Å²) in [7, 11) is -2.36. The third-order valence-corrected chi connectivity index (χ3v) is 12.2. The van der Waals surface area contributed by atoms with Gasteiger partial charge in [-0.15, -0.1) is 0 Å². The predicted molar refractivity (Wildman–Crippen MR) is 164 cm³/mol. The molecule has 0 unspecified atom stereocenters. The SMILES string of the molecule is C[C@H](O[Si](C)(C)C(C)(C)C)[C@H]1C(=O)N(C(=O)C(=O)OCOC(=O)C(C)(C)C)[C@@H]1CC(=O)c1cccc(C(=O)OC(C)(C)C)c1. The quantitative estimate of drug-likeness (QED) is 0.0903. The summed E-state index contributed by atoms with van der Waals surface area (Å²) in [6.45, 7) is 21.1. The van der Waals surface area contributed by atoms with Crippen LogP contribution in [0.4, 0.5) is 0 Å². The molecule has 44 heavy (non-hydrogen) atoms. The number of nitrogens with zero attached hydrogens (tertiary/aromatic N) is 1. The molecule has 1 aliphatic heterocycles. The number of Topliss-reactive ketones (excluding diaryl/α,β-unsaturated/α-hetero) is 1. The molecule has 0 bridgehead atoms. The molecule has 2 rings (SSSR count). The van der Waals surface area contributed by atoms with Crippen molar-refractivity contribution in [3.63, 3.8) is 0 Å². The van der Waals surface area contributed by atoms with Crippen molar-refractivity contribution in [2.75, 3.05) is 6.79 Å². The first-order chi connectivity index (χ1) is 19.9. The predicted octanol–water partition coefficient (Wildman–Crippen LogP) is 5.07. The molecule has 1 fully saturated rings. The van der Waals surface area contributed by atoms with Gasteiger partial charge >= 0.3 is 23.8 Å². The zero-order chi connectivity index (χ0) is 34.0. The Morgan fingerprint density at radius 1 is 0.909 bits per heavy atom. The zero-order valence-corrected chi connectivity index (χ0v) is 29.0. The minimum absolute atomic E-state index is 0.169. The number of amides is 2. The topological polar surface area (TPSA) is 143 Å². The number of carbonyl (C=O) groups is 6. The van der Waals surface area contributed by atoms with E-state index in [4.69, 9.17) is 18.6 Å². The Balaban J connectivity index is 2.32. The number of imide groups is 1. The van der Waals surface area contributed by atoms with Crippen molar-refractivity contribution < 1.29 is 47.4 Å². The number of carbonyl (C=O) groups excluding carboxylic acids is 6. The molecule has 11 nitrogen and oxygen atoms in total. The summed E-state index contributed by atoms with van der Waals surface area (Å²) in [5.41, 5.74) is -1.25. The average Bonchev–Trinajstić information content (AvgIpc) is 2.85. The van der Waals surface area contributed by atoms with E-state index in [9.17, 15) is 28.8 Å². The fourth-order valence-electron chi connectivity index (χ4n) is 4.24. The van der Waals surface area contributed by atoms with E-state index < -0.39 is 79.7 Å². The molecular weight excluding hydrogens is 586 g/mol. The highest BCUT2D eigenvalue weighted by molar-refractivity contribution is 6.74. The van der Waals surface area contributed by atoms with Gasteiger partial charge < -0.3 is 18.6 Å². The van der Waals surface area contributed by atoms with Gasteiger partial charge in [0.15, 0.2) is 14.1 Å². The van der Waals surface area contributed by atoms with Crippen molar-refractivity contribution in [3.05, 3.63) is 35.4 Å². The molecule has 2 amide bonds. The summed E-state index contributed by atoms with van der Waals surface area (Å²) in [6, 6.07) is 4.96. The molecule has 12 heteroatoms. The first-order valence-electron chi connectivity index (χ1n) is 14.6. The molecule has 1 aliphatic rings. The molecule has 0 aliphatic carbocycles. The Bertz CT molecular complexity index is 1300. The van der Waals surface area contributed by atoms with Crippen molar-refractivity contribution >= 4 is 43.8 Å². The van der Waals surface area contributed by atoms with Crippen molar-refractivity contribution in [2.24, 2.45) is 11.3 Å². The summed E-state index contributed by atoms with van der Waals surface area (Å²) in [5.74, 6) is -5.96. The number of hydrogen-bond acceptors (Lipinski definition) is 10. The van der Waals surface area contributed by atoms with Gasteiger partial charge in [-0.1, -0.05) is 32.9 Å². The van der Waals surface area contributed by atoms with Gasteiger partial charge in [-0.25, -0.2) is 9.59 Å². The molecule has 0 saturated carbocycles. The van der Waals surface area contributed by atoms with Crippen molar-refractivity contribution in [3.8, 4) is 0 Å². The number of benzene rings is 1. The highest BCUT2D eigenvalue weighted by atomic mass is 28.4. The number of likely N-dealkylation sites (tertiary alicyclic amines) is 1. The van der Waals surface area contributed by atoms with E-state index in [0.29, 0.717) is 4.90 Å². The molecule has 1 aromatic rings. The highest BCUT2D eigenvalue weighted by Crippen LogP contribution is 2.41. The normalized spacial score (nSPS) is 18.2. The molecule has 1 saturated heterocycles. The Morgan fingerprint density at radius 3 is 2.00 bits per heavy atom. The second-order valence-electron chi connectivity index (χ2n) is 14.6. The van der Waals surface area contributed by atoms with Crippen molar-refractivity contribution in [1.29, 1.82) is 0 Å². The number of rotatable bonds is 9. The van der Waals surface area contributed by atoms with Crippen LogP contribution >= 0.6 is 0 Å². The second kappa shape index (κ2) is 13.3. The van der Waals surface area contributed by atoms with Crippen LogP contribution in [0.15, 0.2) is 24.3 Å². The Kier molecular flexibility index (Phi) is 11.1. The molecule has 1 aromatic carbocycles. The van der Waals surface area contributed by atoms with Gasteiger partial charge in [0.25, 0.3) is 0 Å². The fourth-order valence-corrected chi connectivity index (χ4v) is 5.67. The van der Waals surface area contributed by atoms with E-state index in [2.05, 4.69) is 0 Å². The number of esters is 3. The minimum Gasteiger partial charge on any atom is -0.456 e. The van der Waals surface area contributed by atoms with Crippen LogP contribution in [0.1, 0.15) is 96.4 Å². The first kappa shape index (κ1) is 36.8. The molecular formula is C32H47NO10Si. The van der Waals surface area contributed by atoms with E-state index in [0.717, 1.165) is 0 Å². The van der Waals surface area contributed by atoms with E-state index in [1.54, 1.807) is 48.5 Å². The Morgan fingerprint density at radius 2 is 1.48 bits per heavy atom. The van der Waals surface area contributed by atoms with Gasteiger partial charge in [0.2, 0.25) is 12.7 Å². The average molecular weight is 634 g/mol. The third kappa shape index (κ3) is 9.07. The maximum Gasteiger partial charge on any atom is 0.400 e. The lowest BCUT2D eigenvalue weighted by atomic mass is 9.79. The largest absolute Gasteiger partial charge is 0.456 e. The summed E-state index contributed by atoms with van der Waals surface area (Å²) in [6.07, 6.45) is -0.987. The van der Waals surface area contributed by atoms with Gasteiger partial charge in [-0.2, -0.15) is 0 Å². The molecule has 244 valence electrons. The van der Waals surface area contributed by atoms with Crippen LogP contribution < -0.4 is 0 Å². The minimum atomic E-state index is -2.36. The monoisotopic (exact) mass is 633 g/mol. The summed E-state index contributed by atoms with van der Waals surface area (Å²) in [5, 5.41) is -0.175. The Labute approximate surface area is 261 Å². The van der Waals surface area contributed by atoms with Crippen molar-refractivity contribution in [1.82, 2.24) is 4.90 Å². The lowest BCUT2D eigenvalue weighted by molar-refractivity contribution is -0.186. The van der Waals surface area contributed by atoms with Gasteiger partial charge in [-0.05, 0) is 78.7 Å². The number of ether oxygens (including phenoxy) is 3. The number of ketones is 1. The van der Waals surface area contributed by atoms with Gasteiger partial charge in [-0.3, -0.25) is 24.1 Å². The second-order valence-corrected chi connectivity index (χ2v) is 19.4. The van der Waals surface area contributed by atoms with Crippen LogP contribution in [-0.2, 0) is 37.8 Å². The third-order valence-electron chi connectivity index (χ3n) is 7.66. The van der Waals surface area contributed by atoms with E-state index >= 15 is 0 Å². The lowest BCUT2D eigenvalue weighted by Gasteiger charge is -2.49. The smallest absolute Gasteiger partial charge is 0.400 e. The molecule has 0 aromatic heterocycles. The van der Waals surface area contributed by atoms with E-state index in [-0.39, 0.29) is 22.6 Å². The first-order valence-corrected chi connectivity index (χ1v) is 17.5. The van der Waals surface area contributed by atoms with Crippen molar-refractivity contribution in [2.45, 2.75) is 112 Å². The maximum absolute atomic E-state index is 13.5. The molecule has 1 heterocycles. The number of β-lactam (4-membered cyclic amide) rings is 1. The highest BCUT2D eigenvalue weighted by Gasteiger charge is 2.56. The number of hydrogen-bond donors (Lipinski definition) is 0. The summed E-state index contributed by atoms with van der Waals surface area (Å²) < 4.78 is 21.6. The van der Waals surface area contributed by atoms with Gasteiger partial charge in [0, 0.05) is 12.0 Å². The molecule has 0 spiro atoms. The fraction of sp³-hybridized carbons (Fsp3) is 0.625. The van der Waals surface area contributed by atoms with E-state index in [1.165, 1.54) is 24.3 Å². The van der Waals surface area contributed by atoms with Crippen LogP contribution in [0.2, 0.25) is 18.1 Å². The summed E-state index contributed by atoms with van der Waals surface area (Å²) in [4.78, 5) is 77.9. The lowest BCUT2D eigenvalue weighted by Crippen LogP contribution is -2.68. The standard InChI is InChI=1S/C32H47NO10Si/c1-19(43-44(11,12)32(8,9)10)24-22(17-23(34)20-14-13-15-21(16-20)27(37)42-31(5,6)7)33(25(24)35)26(36)28(38)40-18-41-29(39)30(2,3)4/h13-16,19,22,24H,17-18H2,1-12H3/t19-,22+,24+/m0/s1. The summed E-state index contributed by atoms with van der Waals surface area (Å²) >= 11 is 0. The van der Waals surface area contributed by atoms with Crippen LogP contribution in [0.3, 0.4) is 0 Å². The van der Waals surface area contributed by atoms with Gasteiger partial charge in [0.05, 0.1) is 29.0 Å². The van der Waals surface area contributed by atoms with E-state index in [1.807, 2.05) is 33.9 Å². The Hall–Kier alpha value is -3.38. The van der Waals surface area contributed by atoms with Crippen LogP contribution in [0.5, 0.6) is 0 Å². The van der Waals surface area contributed by atoms with Gasteiger partial charge in [0.1, 0.15) is 5.60 Å². The molecule has 0 radical (unpaired) electrons. The van der Waals surface area contributed by atoms with Crippen LogP contribution in [0, 0.1) is 11.3 Å². The zero-order valence-electron chi connectivity index (χ0n) is 28.0. The van der Waals surface area contributed by atoms with Crippen LogP contribution in [0.25, 0.3) is 0 Å². The maximum atomic E-state index is 13.5. The molecule has 0 N–H and O–H groups in total. The molecule has 3 atom stereocenters.